The van der Waals surface area contributed by atoms with E-state index in [2.05, 4.69) is 9.97 Å². The third kappa shape index (κ3) is 2.28. The van der Waals surface area contributed by atoms with E-state index < -0.39 is 11.7 Å². The Morgan fingerprint density at radius 3 is 2.90 bits per heavy atom. The number of halogens is 3. The summed E-state index contributed by atoms with van der Waals surface area (Å²) in [5.74, 6) is 0.866. The molecule has 1 aromatic heterocycles. The zero-order valence-electron chi connectivity index (χ0n) is 11.0. The molecule has 0 radical (unpaired) electrons. The van der Waals surface area contributed by atoms with Crippen LogP contribution < -0.4 is 0 Å². The maximum absolute atomic E-state index is 12.7. The number of ether oxygens (including phenoxy) is 1. The molecule has 1 saturated heterocycles. The molecule has 0 saturated carbocycles. The second kappa shape index (κ2) is 4.77. The van der Waals surface area contributed by atoms with Crippen molar-refractivity contribution in [3.05, 3.63) is 29.6 Å². The summed E-state index contributed by atoms with van der Waals surface area (Å²) in [6.45, 7) is 2.71. The number of nitrogens with zero attached hydrogens (tertiary/aromatic N) is 1. The number of imidazole rings is 1. The van der Waals surface area contributed by atoms with Crippen molar-refractivity contribution in [2.75, 3.05) is 6.61 Å². The van der Waals surface area contributed by atoms with Crippen LogP contribution in [-0.2, 0) is 10.9 Å². The molecule has 3 rings (SSSR count). The molecule has 0 bridgehead atoms. The van der Waals surface area contributed by atoms with Crippen molar-refractivity contribution in [1.82, 2.24) is 9.97 Å². The third-order valence-electron chi connectivity index (χ3n) is 3.79. The van der Waals surface area contributed by atoms with Gasteiger partial charge in [-0.05, 0) is 31.0 Å². The van der Waals surface area contributed by atoms with Crippen LogP contribution in [0.15, 0.2) is 18.2 Å². The number of hydrogen-bond acceptors (Lipinski definition) is 2. The van der Waals surface area contributed by atoms with Crippen LogP contribution in [0.25, 0.3) is 11.0 Å². The molecule has 3 nitrogen and oxygen atoms in total. The van der Waals surface area contributed by atoms with Crippen LogP contribution in [0.2, 0.25) is 0 Å². The van der Waals surface area contributed by atoms with Gasteiger partial charge in [0.05, 0.1) is 22.7 Å². The minimum atomic E-state index is -4.33. The Morgan fingerprint density at radius 1 is 1.40 bits per heavy atom. The number of benzene rings is 1. The Labute approximate surface area is 114 Å². The van der Waals surface area contributed by atoms with Gasteiger partial charge in [0.15, 0.2) is 0 Å². The fourth-order valence-electron chi connectivity index (χ4n) is 2.74. The molecular formula is C14H15F3N2O. The molecule has 20 heavy (non-hydrogen) atoms. The van der Waals surface area contributed by atoms with Gasteiger partial charge in [-0.3, -0.25) is 0 Å². The van der Waals surface area contributed by atoms with Crippen molar-refractivity contribution < 1.29 is 17.9 Å². The second-order valence-electron chi connectivity index (χ2n) is 5.06. The molecule has 6 heteroatoms. The van der Waals surface area contributed by atoms with Gasteiger partial charge in [0.1, 0.15) is 5.82 Å². The van der Waals surface area contributed by atoms with E-state index in [1.807, 2.05) is 6.92 Å². The van der Waals surface area contributed by atoms with Gasteiger partial charge in [-0.15, -0.1) is 0 Å². The zero-order valence-corrected chi connectivity index (χ0v) is 11.0. The predicted octanol–water partition coefficient (Wildman–Crippen LogP) is 3.86. The van der Waals surface area contributed by atoms with Crippen LogP contribution in [0, 0.1) is 0 Å². The first kappa shape index (κ1) is 13.4. The monoisotopic (exact) mass is 284 g/mol. The number of nitrogens with one attached hydrogen (secondary N) is 1. The highest BCUT2D eigenvalue weighted by molar-refractivity contribution is 5.76. The van der Waals surface area contributed by atoms with E-state index in [1.54, 1.807) is 0 Å². The highest BCUT2D eigenvalue weighted by Gasteiger charge is 2.32. The normalized spacial score (nSPS) is 23.6. The van der Waals surface area contributed by atoms with Crippen LogP contribution in [0.5, 0.6) is 0 Å². The number of fused-ring (bicyclic) bond motifs is 1. The Morgan fingerprint density at radius 2 is 2.20 bits per heavy atom. The van der Waals surface area contributed by atoms with Crippen molar-refractivity contribution in [2.45, 2.75) is 38.0 Å². The lowest BCUT2D eigenvalue weighted by atomic mass is 9.99. The summed E-state index contributed by atoms with van der Waals surface area (Å²) in [5, 5.41) is 0. The largest absolute Gasteiger partial charge is 0.416 e. The van der Waals surface area contributed by atoms with Gasteiger partial charge in [0.2, 0.25) is 0 Å². The van der Waals surface area contributed by atoms with E-state index in [4.69, 9.17) is 4.74 Å². The molecule has 1 fully saturated rings. The summed E-state index contributed by atoms with van der Waals surface area (Å²) in [7, 11) is 0. The van der Waals surface area contributed by atoms with E-state index in [9.17, 15) is 13.2 Å². The molecule has 2 atom stereocenters. The molecule has 0 amide bonds. The fourth-order valence-corrected chi connectivity index (χ4v) is 2.74. The van der Waals surface area contributed by atoms with Crippen molar-refractivity contribution in [3.63, 3.8) is 0 Å². The van der Waals surface area contributed by atoms with E-state index >= 15 is 0 Å². The summed E-state index contributed by atoms with van der Waals surface area (Å²) >= 11 is 0. The zero-order chi connectivity index (χ0) is 14.3. The van der Waals surface area contributed by atoms with Gasteiger partial charge in [-0.1, -0.05) is 6.92 Å². The number of H-pyrrole nitrogens is 1. The number of aromatic amines is 1. The smallest absolute Gasteiger partial charge is 0.377 e. The summed E-state index contributed by atoms with van der Waals surface area (Å²) in [5.41, 5.74) is 0.334. The highest BCUT2D eigenvalue weighted by Crippen LogP contribution is 2.34. The fraction of sp³-hybridized carbons (Fsp3) is 0.500. The number of alkyl halides is 3. The Bertz CT molecular complexity index is 620. The van der Waals surface area contributed by atoms with E-state index in [1.165, 1.54) is 6.07 Å². The molecule has 0 aliphatic carbocycles. The first-order valence-corrected chi connectivity index (χ1v) is 6.67. The minimum absolute atomic E-state index is 0.0950. The average Bonchev–Trinajstić information content (AvgIpc) is 3.02. The van der Waals surface area contributed by atoms with Crippen LogP contribution in [0.4, 0.5) is 13.2 Å². The van der Waals surface area contributed by atoms with Crippen molar-refractivity contribution >= 4 is 11.0 Å². The molecule has 2 heterocycles. The van der Waals surface area contributed by atoms with E-state index in [0.29, 0.717) is 17.6 Å². The van der Waals surface area contributed by atoms with Gasteiger partial charge in [-0.2, -0.15) is 13.2 Å². The third-order valence-corrected chi connectivity index (χ3v) is 3.79. The molecule has 1 aliphatic heterocycles. The quantitative estimate of drug-likeness (QED) is 0.909. The molecule has 1 N–H and O–H groups in total. The van der Waals surface area contributed by atoms with Gasteiger partial charge in [0.25, 0.3) is 0 Å². The Balaban J connectivity index is 1.98. The van der Waals surface area contributed by atoms with Gasteiger partial charge in [0, 0.05) is 12.5 Å². The second-order valence-corrected chi connectivity index (χ2v) is 5.06. The molecule has 1 aromatic carbocycles. The Kier molecular flexibility index (Phi) is 3.20. The first-order chi connectivity index (χ1) is 9.49. The molecule has 1 aliphatic rings. The number of hydrogen-bond donors (Lipinski definition) is 1. The van der Waals surface area contributed by atoms with Crippen molar-refractivity contribution in [2.24, 2.45) is 0 Å². The van der Waals surface area contributed by atoms with Crippen molar-refractivity contribution in [1.29, 1.82) is 0 Å². The SMILES string of the molecule is CCC1OCCC1c1nc2ccc(C(F)(F)F)cc2[nH]1. The van der Waals surface area contributed by atoms with Gasteiger partial charge in [-0.25, -0.2) is 4.98 Å². The molecule has 2 aromatic rings. The standard InChI is InChI=1S/C14H15F3N2O/c1-2-12-9(5-6-20-12)13-18-10-4-3-8(14(15,16)17)7-11(10)19-13/h3-4,7,9,12H,2,5-6H2,1H3,(H,18,19). The van der Waals surface area contributed by atoms with Crippen LogP contribution in [-0.4, -0.2) is 22.7 Å². The number of aromatic nitrogens is 2. The summed E-state index contributed by atoms with van der Waals surface area (Å²) in [6.07, 6.45) is -2.51. The van der Waals surface area contributed by atoms with Crippen LogP contribution in [0.1, 0.15) is 37.1 Å². The summed E-state index contributed by atoms with van der Waals surface area (Å²) < 4.78 is 43.7. The van der Waals surface area contributed by atoms with Gasteiger partial charge < -0.3 is 9.72 Å². The number of rotatable bonds is 2. The predicted molar refractivity (Wildman–Crippen MR) is 68.5 cm³/mol. The molecule has 2 unspecified atom stereocenters. The van der Waals surface area contributed by atoms with E-state index in [0.717, 1.165) is 30.8 Å². The topological polar surface area (TPSA) is 37.9 Å². The van der Waals surface area contributed by atoms with Crippen molar-refractivity contribution in [3.8, 4) is 0 Å². The lowest BCUT2D eigenvalue weighted by molar-refractivity contribution is -0.137. The van der Waals surface area contributed by atoms with Crippen LogP contribution >= 0.6 is 0 Å². The molecular weight excluding hydrogens is 269 g/mol. The lowest BCUT2D eigenvalue weighted by Gasteiger charge is -2.13. The Hall–Kier alpha value is -1.56. The average molecular weight is 284 g/mol. The summed E-state index contributed by atoms with van der Waals surface area (Å²) in [4.78, 5) is 7.44. The molecule has 0 spiro atoms. The van der Waals surface area contributed by atoms with Gasteiger partial charge >= 0.3 is 6.18 Å². The maximum Gasteiger partial charge on any atom is 0.416 e. The lowest BCUT2D eigenvalue weighted by Crippen LogP contribution is -2.14. The minimum Gasteiger partial charge on any atom is -0.377 e. The van der Waals surface area contributed by atoms with Crippen LogP contribution in [0.3, 0.4) is 0 Å². The first-order valence-electron chi connectivity index (χ1n) is 6.67. The molecule has 108 valence electrons. The summed E-state index contributed by atoms with van der Waals surface area (Å²) in [6, 6.07) is 3.59. The van der Waals surface area contributed by atoms with E-state index in [-0.39, 0.29) is 12.0 Å². The highest BCUT2D eigenvalue weighted by atomic mass is 19.4. The maximum atomic E-state index is 12.7.